The van der Waals surface area contributed by atoms with Crippen LogP contribution in [0.1, 0.15) is 25.7 Å². The van der Waals surface area contributed by atoms with Gasteiger partial charge in [-0.05, 0) is 37.6 Å². The molecule has 3 aliphatic rings. The summed E-state index contributed by atoms with van der Waals surface area (Å²) in [5, 5.41) is 3.26. The molecule has 18 heavy (non-hydrogen) atoms. The van der Waals surface area contributed by atoms with Gasteiger partial charge in [0.1, 0.15) is 0 Å². The highest BCUT2D eigenvalue weighted by Gasteiger charge is 2.42. The van der Waals surface area contributed by atoms with E-state index in [9.17, 15) is 8.42 Å². The molecule has 3 rings (SSSR count). The fraction of sp³-hybridized carbons (Fsp3) is 1.00. The predicted molar refractivity (Wildman–Crippen MR) is 70.4 cm³/mol. The first kappa shape index (κ1) is 12.8. The molecule has 1 aliphatic carbocycles. The lowest BCUT2D eigenvalue weighted by molar-refractivity contribution is 0.360. The van der Waals surface area contributed by atoms with Gasteiger partial charge in [-0.3, -0.25) is 0 Å². The number of nitrogens with zero attached hydrogens (tertiary/aromatic N) is 2. The van der Waals surface area contributed by atoms with Crippen LogP contribution < -0.4 is 5.32 Å². The molecule has 2 saturated heterocycles. The van der Waals surface area contributed by atoms with Crippen LogP contribution in [0.2, 0.25) is 0 Å². The fourth-order valence-electron chi connectivity index (χ4n) is 3.60. The number of nitrogens with one attached hydrogen (secondary N) is 1. The second-order valence-corrected chi connectivity index (χ2v) is 7.71. The molecule has 2 atom stereocenters. The number of rotatable bonds is 2. The Bertz CT molecular complexity index is 378. The SMILES string of the molecule is O=S(=O)(N1CCCNCC1)N1CC2CCCC2C1. The van der Waals surface area contributed by atoms with Crippen molar-refractivity contribution in [3.8, 4) is 0 Å². The Morgan fingerprint density at radius 3 is 2.33 bits per heavy atom. The van der Waals surface area contributed by atoms with Gasteiger partial charge in [-0.25, -0.2) is 0 Å². The summed E-state index contributed by atoms with van der Waals surface area (Å²) in [6.07, 6.45) is 4.65. The molecule has 5 nitrogen and oxygen atoms in total. The molecule has 0 aromatic carbocycles. The van der Waals surface area contributed by atoms with Crippen LogP contribution in [0.4, 0.5) is 0 Å². The number of fused-ring (bicyclic) bond motifs is 1. The van der Waals surface area contributed by atoms with Crippen LogP contribution in [-0.4, -0.2) is 56.3 Å². The first-order valence-corrected chi connectivity index (χ1v) is 8.53. The number of hydrogen-bond donors (Lipinski definition) is 1. The summed E-state index contributed by atoms with van der Waals surface area (Å²) in [5.41, 5.74) is 0. The van der Waals surface area contributed by atoms with Crippen molar-refractivity contribution in [2.75, 3.05) is 39.3 Å². The van der Waals surface area contributed by atoms with E-state index in [1.165, 1.54) is 19.3 Å². The minimum atomic E-state index is -3.20. The third-order valence-corrected chi connectivity index (χ3v) is 6.61. The Morgan fingerprint density at radius 2 is 1.61 bits per heavy atom. The highest BCUT2D eigenvalue weighted by Crippen LogP contribution is 2.39. The van der Waals surface area contributed by atoms with E-state index in [0.717, 1.165) is 32.6 Å². The summed E-state index contributed by atoms with van der Waals surface area (Å²) < 4.78 is 28.6. The van der Waals surface area contributed by atoms with Gasteiger partial charge in [0, 0.05) is 32.7 Å². The van der Waals surface area contributed by atoms with Crippen molar-refractivity contribution in [3.63, 3.8) is 0 Å². The average molecular weight is 273 g/mol. The molecule has 0 aromatic heterocycles. The van der Waals surface area contributed by atoms with Crippen LogP contribution in [0, 0.1) is 11.8 Å². The minimum absolute atomic E-state index is 0.619. The largest absolute Gasteiger partial charge is 0.315 e. The maximum Gasteiger partial charge on any atom is 0.282 e. The zero-order valence-electron chi connectivity index (χ0n) is 10.8. The van der Waals surface area contributed by atoms with Crippen LogP contribution in [-0.2, 0) is 10.2 Å². The van der Waals surface area contributed by atoms with Gasteiger partial charge in [0.2, 0.25) is 0 Å². The van der Waals surface area contributed by atoms with Gasteiger partial charge in [-0.15, -0.1) is 0 Å². The maximum absolute atomic E-state index is 12.6. The first-order chi connectivity index (χ1) is 8.68. The molecule has 6 heteroatoms. The Balaban J connectivity index is 1.70. The number of hydrogen-bond acceptors (Lipinski definition) is 3. The quantitative estimate of drug-likeness (QED) is 0.785. The average Bonchev–Trinajstić information content (AvgIpc) is 2.80. The molecule has 0 aromatic rings. The lowest BCUT2D eigenvalue weighted by Gasteiger charge is -2.26. The van der Waals surface area contributed by atoms with Crippen LogP contribution in [0.15, 0.2) is 0 Å². The highest BCUT2D eigenvalue weighted by molar-refractivity contribution is 7.86. The van der Waals surface area contributed by atoms with Gasteiger partial charge >= 0.3 is 0 Å². The molecule has 0 bridgehead atoms. The highest BCUT2D eigenvalue weighted by atomic mass is 32.2. The molecule has 0 amide bonds. The van der Waals surface area contributed by atoms with E-state index in [0.29, 0.717) is 24.9 Å². The first-order valence-electron chi connectivity index (χ1n) is 7.14. The molecule has 2 unspecified atom stereocenters. The molecule has 104 valence electrons. The van der Waals surface area contributed by atoms with E-state index in [2.05, 4.69) is 5.32 Å². The summed E-state index contributed by atoms with van der Waals surface area (Å²) in [4.78, 5) is 0. The summed E-state index contributed by atoms with van der Waals surface area (Å²) >= 11 is 0. The topological polar surface area (TPSA) is 52.7 Å². The van der Waals surface area contributed by atoms with E-state index in [1.54, 1.807) is 8.61 Å². The van der Waals surface area contributed by atoms with Crippen molar-refractivity contribution in [2.24, 2.45) is 11.8 Å². The van der Waals surface area contributed by atoms with Gasteiger partial charge in [-0.1, -0.05) is 6.42 Å². The van der Waals surface area contributed by atoms with Crippen molar-refractivity contribution in [3.05, 3.63) is 0 Å². The van der Waals surface area contributed by atoms with Crippen molar-refractivity contribution < 1.29 is 8.42 Å². The van der Waals surface area contributed by atoms with Crippen molar-refractivity contribution in [2.45, 2.75) is 25.7 Å². The third kappa shape index (κ3) is 2.31. The van der Waals surface area contributed by atoms with Crippen molar-refractivity contribution in [1.82, 2.24) is 13.9 Å². The zero-order valence-corrected chi connectivity index (χ0v) is 11.7. The van der Waals surface area contributed by atoms with Gasteiger partial charge in [0.25, 0.3) is 10.2 Å². The molecule has 3 fully saturated rings. The van der Waals surface area contributed by atoms with Crippen LogP contribution in [0.25, 0.3) is 0 Å². The molecular weight excluding hydrogens is 250 g/mol. The molecule has 0 radical (unpaired) electrons. The van der Waals surface area contributed by atoms with Crippen LogP contribution >= 0.6 is 0 Å². The standard InChI is InChI=1S/C12H23N3O2S/c16-18(17,14-7-2-5-13-6-8-14)15-9-11-3-1-4-12(11)10-15/h11-13H,1-10H2. The summed E-state index contributed by atoms with van der Waals surface area (Å²) in [5.74, 6) is 1.26. The van der Waals surface area contributed by atoms with Crippen molar-refractivity contribution in [1.29, 1.82) is 0 Å². The zero-order chi connectivity index (χ0) is 12.6. The van der Waals surface area contributed by atoms with Gasteiger partial charge < -0.3 is 5.32 Å². The lowest BCUT2D eigenvalue weighted by Crippen LogP contribution is -2.44. The Hall–Kier alpha value is -0.170. The minimum Gasteiger partial charge on any atom is -0.315 e. The maximum atomic E-state index is 12.6. The lowest BCUT2D eigenvalue weighted by atomic mass is 10.0. The molecule has 2 heterocycles. The van der Waals surface area contributed by atoms with Gasteiger partial charge in [-0.2, -0.15) is 17.0 Å². The van der Waals surface area contributed by atoms with E-state index in [4.69, 9.17) is 0 Å². The van der Waals surface area contributed by atoms with E-state index in [-0.39, 0.29) is 0 Å². The third-order valence-electron chi connectivity index (χ3n) is 4.64. The molecule has 2 aliphatic heterocycles. The van der Waals surface area contributed by atoms with Crippen LogP contribution in [0.3, 0.4) is 0 Å². The van der Waals surface area contributed by atoms with E-state index in [1.807, 2.05) is 0 Å². The van der Waals surface area contributed by atoms with Gasteiger partial charge in [0.15, 0.2) is 0 Å². The predicted octanol–water partition coefficient (Wildman–Crippen LogP) is 0.258. The summed E-state index contributed by atoms with van der Waals surface area (Å²) in [7, 11) is -3.20. The van der Waals surface area contributed by atoms with E-state index < -0.39 is 10.2 Å². The van der Waals surface area contributed by atoms with Crippen molar-refractivity contribution >= 4 is 10.2 Å². The molecule has 1 N–H and O–H groups in total. The second kappa shape index (κ2) is 5.07. The molecule has 1 saturated carbocycles. The second-order valence-electron chi connectivity index (χ2n) is 5.78. The fourth-order valence-corrected chi connectivity index (χ4v) is 5.36. The smallest absolute Gasteiger partial charge is 0.282 e. The Kier molecular flexibility index (Phi) is 3.62. The summed E-state index contributed by atoms with van der Waals surface area (Å²) in [6.45, 7) is 4.51. The Morgan fingerprint density at radius 1 is 0.889 bits per heavy atom. The summed E-state index contributed by atoms with van der Waals surface area (Å²) in [6, 6.07) is 0. The molecule has 0 spiro atoms. The van der Waals surface area contributed by atoms with Crippen LogP contribution in [0.5, 0.6) is 0 Å². The Labute approximate surface area is 110 Å². The molecular formula is C12H23N3O2S. The normalized spacial score (nSPS) is 35.6. The van der Waals surface area contributed by atoms with E-state index >= 15 is 0 Å². The monoisotopic (exact) mass is 273 g/mol. The van der Waals surface area contributed by atoms with Gasteiger partial charge in [0.05, 0.1) is 0 Å².